The standard InChI is InChI=1S/C19H31N5O2S/c1-14(25)24-12-15(19(26)20-8-4-17-5-9-21-23-17)2-3-18(13-24)22-16-6-10-27-11-7-16/h5,9,15-16,18,22H,2-4,6-8,10-13H2,1H3,(H,20,26)(H,21,23)/t15-,18+/m1/s1. The summed E-state index contributed by atoms with van der Waals surface area (Å²) in [5.41, 5.74) is 1.01. The van der Waals surface area contributed by atoms with Crippen LogP contribution in [0.1, 0.15) is 38.3 Å². The highest BCUT2D eigenvalue weighted by atomic mass is 32.2. The molecule has 8 heteroatoms. The molecular weight excluding hydrogens is 362 g/mol. The number of likely N-dealkylation sites (tertiary alicyclic amines) is 1. The molecule has 0 saturated carbocycles. The summed E-state index contributed by atoms with van der Waals surface area (Å²) >= 11 is 2.02. The van der Waals surface area contributed by atoms with Gasteiger partial charge in [0.1, 0.15) is 0 Å². The maximum atomic E-state index is 12.6. The Hall–Kier alpha value is -1.54. The Labute approximate surface area is 165 Å². The van der Waals surface area contributed by atoms with E-state index in [2.05, 4.69) is 20.8 Å². The number of H-pyrrole nitrogens is 1. The molecule has 2 aliphatic rings. The third kappa shape index (κ3) is 6.24. The monoisotopic (exact) mass is 393 g/mol. The van der Waals surface area contributed by atoms with Gasteiger partial charge in [-0.05, 0) is 43.3 Å². The maximum absolute atomic E-state index is 12.6. The zero-order chi connectivity index (χ0) is 19.1. The van der Waals surface area contributed by atoms with Gasteiger partial charge in [-0.15, -0.1) is 0 Å². The van der Waals surface area contributed by atoms with E-state index in [1.807, 2.05) is 22.7 Å². The van der Waals surface area contributed by atoms with Gasteiger partial charge in [0, 0.05) is 57.0 Å². The summed E-state index contributed by atoms with van der Waals surface area (Å²) in [7, 11) is 0. The molecule has 3 N–H and O–H groups in total. The zero-order valence-electron chi connectivity index (χ0n) is 16.1. The molecule has 150 valence electrons. The fraction of sp³-hybridized carbons (Fsp3) is 0.737. The van der Waals surface area contributed by atoms with Crippen LogP contribution in [0.4, 0.5) is 0 Å². The van der Waals surface area contributed by atoms with Crippen molar-refractivity contribution in [3.8, 4) is 0 Å². The van der Waals surface area contributed by atoms with Crippen molar-refractivity contribution in [2.24, 2.45) is 5.92 Å². The summed E-state index contributed by atoms with van der Waals surface area (Å²) < 4.78 is 0. The maximum Gasteiger partial charge on any atom is 0.224 e. The van der Waals surface area contributed by atoms with E-state index in [9.17, 15) is 9.59 Å². The van der Waals surface area contributed by atoms with Crippen molar-refractivity contribution in [2.75, 3.05) is 31.1 Å². The minimum absolute atomic E-state index is 0.0514. The first kappa shape index (κ1) is 20.2. The minimum atomic E-state index is -0.135. The van der Waals surface area contributed by atoms with E-state index in [1.165, 1.54) is 24.3 Å². The highest BCUT2D eigenvalue weighted by Gasteiger charge is 2.30. The van der Waals surface area contributed by atoms with Crippen molar-refractivity contribution in [1.29, 1.82) is 0 Å². The third-order valence-electron chi connectivity index (χ3n) is 5.51. The van der Waals surface area contributed by atoms with Crippen LogP contribution in [0.5, 0.6) is 0 Å². The summed E-state index contributed by atoms with van der Waals surface area (Å²) in [4.78, 5) is 26.6. The second-order valence-electron chi connectivity index (χ2n) is 7.57. The number of carbonyl (C=O) groups is 2. The van der Waals surface area contributed by atoms with E-state index in [4.69, 9.17) is 0 Å². The number of rotatable bonds is 6. The first-order valence-corrected chi connectivity index (χ1v) is 11.1. The molecule has 7 nitrogen and oxygen atoms in total. The van der Waals surface area contributed by atoms with Gasteiger partial charge in [-0.1, -0.05) is 0 Å². The van der Waals surface area contributed by atoms with Crippen LogP contribution < -0.4 is 10.6 Å². The van der Waals surface area contributed by atoms with Crippen LogP contribution in [0.15, 0.2) is 12.3 Å². The number of carbonyl (C=O) groups excluding carboxylic acids is 2. The first-order valence-electron chi connectivity index (χ1n) is 9.97. The van der Waals surface area contributed by atoms with Gasteiger partial charge in [0.25, 0.3) is 0 Å². The molecule has 0 radical (unpaired) electrons. The van der Waals surface area contributed by atoms with Gasteiger partial charge in [-0.3, -0.25) is 14.7 Å². The quantitative estimate of drug-likeness (QED) is 0.675. The topological polar surface area (TPSA) is 90.1 Å². The predicted molar refractivity (Wildman–Crippen MR) is 108 cm³/mol. The van der Waals surface area contributed by atoms with E-state index in [0.717, 1.165) is 25.0 Å². The van der Waals surface area contributed by atoms with E-state index in [0.29, 0.717) is 25.7 Å². The third-order valence-corrected chi connectivity index (χ3v) is 6.55. The fourth-order valence-electron chi connectivity index (χ4n) is 3.88. The lowest BCUT2D eigenvalue weighted by atomic mass is 10.00. The molecule has 2 aliphatic heterocycles. The number of thioether (sulfide) groups is 1. The minimum Gasteiger partial charge on any atom is -0.355 e. The summed E-state index contributed by atoms with van der Waals surface area (Å²) in [6, 6.07) is 2.74. The van der Waals surface area contributed by atoms with Crippen molar-refractivity contribution in [2.45, 2.75) is 51.1 Å². The van der Waals surface area contributed by atoms with Gasteiger partial charge in [-0.2, -0.15) is 16.9 Å². The first-order chi connectivity index (χ1) is 13.1. The Balaban J connectivity index is 1.51. The second-order valence-corrected chi connectivity index (χ2v) is 8.80. The van der Waals surface area contributed by atoms with Crippen LogP contribution in [-0.2, 0) is 16.0 Å². The molecule has 3 heterocycles. The fourth-order valence-corrected chi connectivity index (χ4v) is 4.99. The molecule has 2 atom stereocenters. The molecule has 2 amide bonds. The number of hydrogen-bond donors (Lipinski definition) is 3. The number of aromatic amines is 1. The van der Waals surface area contributed by atoms with Crippen molar-refractivity contribution in [1.82, 2.24) is 25.7 Å². The molecule has 0 bridgehead atoms. The van der Waals surface area contributed by atoms with Crippen LogP contribution in [-0.4, -0.2) is 70.1 Å². The van der Waals surface area contributed by atoms with E-state index >= 15 is 0 Å². The lowest BCUT2D eigenvalue weighted by Gasteiger charge is -2.30. The molecule has 2 fully saturated rings. The molecule has 0 unspecified atom stereocenters. The molecule has 1 aromatic heterocycles. The van der Waals surface area contributed by atoms with Gasteiger partial charge >= 0.3 is 0 Å². The largest absolute Gasteiger partial charge is 0.355 e. The van der Waals surface area contributed by atoms with Gasteiger partial charge in [-0.25, -0.2) is 0 Å². The second kappa shape index (κ2) is 10.1. The summed E-state index contributed by atoms with van der Waals surface area (Å²) in [6.07, 6.45) is 6.59. The van der Waals surface area contributed by atoms with Crippen molar-refractivity contribution >= 4 is 23.6 Å². The molecular formula is C19H31N5O2S. The van der Waals surface area contributed by atoms with Gasteiger partial charge in [0.2, 0.25) is 11.8 Å². The number of nitrogens with zero attached hydrogens (tertiary/aromatic N) is 2. The van der Waals surface area contributed by atoms with Crippen LogP contribution in [0.25, 0.3) is 0 Å². The predicted octanol–water partition coefficient (Wildman–Crippen LogP) is 1.18. The van der Waals surface area contributed by atoms with Crippen LogP contribution >= 0.6 is 11.8 Å². The molecule has 3 rings (SSSR count). The Morgan fingerprint density at radius 1 is 1.22 bits per heavy atom. The zero-order valence-corrected chi connectivity index (χ0v) is 16.9. The Kier molecular flexibility index (Phi) is 7.58. The SMILES string of the molecule is CC(=O)N1C[C@@H](NC2CCSCC2)CC[C@@H](C(=O)NCCc2ccn[nH]2)C1. The van der Waals surface area contributed by atoms with Gasteiger partial charge in [0.05, 0.1) is 5.92 Å². The van der Waals surface area contributed by atoms with Crippen molar-refractivity contribution < 1.29 is 9.59 Å². The van der Waals surface area contributed by atoms with E-state index in [1.54, 1.807) is 13.1 Å². The average Bonchev–Trinajstić information content (AvgIpc) is 3.08. The molecule has 0 aromatic carbocycles. The van der Waals surface area contributed by atoms with Gasteiger partial charge < -0.3 is 15.5 Å². The molecule has 2 saturated heterocycles. The highest BCUT2D eigenvalue weighted by molar-refractivity contribution is 7.99. The number of hydrogen-bond acceptors (Lipinski definition) is 5. The highest BCUT2D eigenvalue weighted by Crippen LogP contribution is 2.21. The van der Waals surface area contributed by atoms with Gasteiger partial charge in [0.15, 0.2) is 0 Å². The Bertz CT molecular complexity index is 603. The molecule has 0 spiro atoms. The van der Waals surface area contributed by atoms with Crippen molar-refractivity contribution in [3.63, 3.8) is 0 Å². The summed E-state index contributed by atoms with van der Waals surface area (Å²) in [5.74, 6) is 2.39. The lowest BCUT2D eigenvalue weighted by Crippen LogP contribution is -2.47. The molecule has 1 aromatic rings. The van der Waals surface area contributed by atoms with Crippen LogP contribution in [0, 0.1) is 5.92 Å². The molecule has 0 aliphatic carbocycles. The Morgan fingerprint density at radius 3 is 2.74 bits per heavy atom. The van der Waals surface area contributed by atoms with E-state index < -0.39 is 0 Å². The number of aromatic nitrogens is 2. The normalized spacial score (nSPS) is 24.4. The summed E-state index contributed by atoms with van der Waals surface area (Å²) in [5, 5.41) is 13.6. The number of amides is 2. The van der Waals surface area contributed by atoms with Crippen LogP contribution in [0.2, 0.25) is 0 Å². The Morgan fingerprint density at radius 2 is 2.04 bits per heavy atom. The van der Waals surface area contributed by atoms with E-state index in [-0.39, 0.29) is 23.8 Å². The molecule has 27 heavy (non-hydrogen) atoms. The summed E-state index contributed by atoms with van der Waals surface area (Å²) in [6.45, 7) is 3.41. The van der Waals surface area contributed by atoms with Crippen molar-refractivity contribution in [3.05, 3.63) is 18.0 Å². The lowest BCUT2D eigenvalue weighted by molar-refractivity contribution is -0.131. The van der Waals surface area contributed by atoms with Crippen LogP contribution in [0.3, 0.4) is 0 Å². The average molecular weight is 394 g/mol. The number of nitrogens with one attached hydrogen (secondary N) is 3. The smallest absolute Gasteiger partial charge is 0.224 e.